The van der Waals surface area contributed by atoms with Gasteiger partial charge in [0.05, 0.1) is 4.92 Å². The molecule has 1 heterocycles. The molecule has 0 spiro atoms. The van der Waals surface area contributed by atoms with Gasteiger partial charge in [0, 0.05) is 17.0 Å². The number of thiophene rings is 1. The Bertz CT molecular complexity index is 358. The van der Waals surface area contributed by atoms with E-state index in [2.05, 4.69) is 0 Å². The maximum atomic E-state index is 10.5. The number of nitrogens with zero attached hydrogens (tertiary/aromatic N) is 1. The van der Waals surface area contributed by atoms with Gasteiger partial charge in [0.25, 0.3) is 0 Å². The molecule has 1 aromatic rings. The highest BCUT2D eigenvalue weighted by atomic mass is 32.1. The second-order valence-corrected chi connectivity index (χ2v) is 5.10. The Labute approximate surface area is 92.2 Å². The highest BCUT2D eigenvalue weighted by Gasteiger charge is 2.25. The molecule has 1 aliphatic rings. The first-order valence-electron chi connectivity index (χ1n) is 5.18. The van der Waals surface area contributed by atoms with Gasteiger partial charge in [-0.05, 0) is 24.8 Å². The van der Waals surface area contributed by atoms with Crippen LogP contribution in [0, 0.1) is 16.0 Å². The number of hydrogen-bond donors (Lipinski definition) is 1. The van der Waals surface area contributed by atoms with Gasteiger partial charge in [0.1, 0.15) is 0 Å². The maximum Gasteiger partial charge on any atom is 0.324 e. The molecule has 2 rings (SSSR count). The normalized spacial score (nSPS) is 19.3. The fourth-order valence-electron chi connectivity index (χ4n) is 2.17. The second kappa shape index (κ2) is 4.28. The van der Waals surface area contributed by atoms with Crippen LogP contribution in [-0.2, 0) is 0 Å². The molecule has 5 heteroatoms. The Hall–Kier alpha value is -0.940. The molecule has 1 atom stereocenters. The molecule has 82 valence electrons. The lowest BCUT2D eigenvalue weighted by atomic mass is 9.98. The molecule has 1 aromatic heterocycles. The molecule has 0 unspecified atom stereocenters. The summed E-state index contributed by atoms with van der Waals surface area (Å²) in [4.78, 5) is 11.1. The molecule has 0 radical (unpaired) electrons. The average Bonchev–Trinajstić information content (AvgIpc) is 2.88. The van der Waals surface area contributed by atoms with Crippen molar-refractivity contribution >= 4 is 16.3 Å². The fourth-order valence-corrected chi connectivity index (χ4v) is 3.09. The SMILES string of the molecule is N[C@H](c1ccc([N+](=O)[O-])s1)C1CCCC1. The molecule has 1 fully saturated rings. The lowest BCUT2D eigenvalue weighted by Crippen LogP contribution is -2.17. The third-order valence-electron chi connectivity index (χ3n) is 3.03. The van der Waals surface area contributed by atoms with Crippen LogP contribution in [0.5, 0.6) is 0 Å². The molecule has 0 bridgehead atoms. The third-order valence-corrected chi connectivity index (χ3v) is 4.17. The van der Waals surface area contributed by atoms with E-state index in [0.29, 0.717) is 5.92 Å². The number of hydrogen-bond acceptors (Lipinski definition) is 4. The Morgan fingerprint density at radius 2 is 2.13 bits per heavy atom. The minimum atomic E-state index is -0.352. The Morgan fingerprint density at radius 3 is 2.67 bits per heavy atom. The molecule has 0 saturated heterocycles. The standard InChI is InChI=1S/C10H14N2O2S/c11-10(7-3-1-2-4-7)8-5-6-9(15-8)12(13)14/h5-7,10H,1-4,11H2/t10-/m0/s1. The van der Waals surface area contributed by atoms with E-state index in [1.54, 1.807) is 12.1 Å². The minimum absolute atomic E-state index is 0.00815. The van der Waals surface area contributed by atoms with Crippen LogP contribution < -0.4 is 5.73 Å². The van der Waals surface area contributed by atoms with Gasteiger partial charge in [0.2, 0.25) is 0 Å². The summed E-state index contributed by atoms with van der Waals surface area (Å²) in [5.74, 6) is 0.517. The number of nitro groups is 1. The van der Waals surface area contributed by atoms with Crippen LogP contribution in [0.1, 0.15) is 36.6 Å². The number of nitrogens with two attached hydrogens (primary N) is 1. The first kappa shape index (κ1) is 10.6. The molecule has 15 heavy (non-hydrogen) atoms. The Balaban J connectivity index is 2.10. The van der Waals surface area contributed by atoms with E-state index in [9.17, 15) is 10.1 Å². The van der Waals surface area contributed by atoms with E-state index < -0.39 is 0 Å². The first-order chi connectivity index (χ1) is 7.18. The van der Waals surface area contributed by atoms with Crippen LogP contribution in [-0.4, -0.2) is 4.92 Å². The molecule has 2 N–H and O–H groups in total. The topological polar surface area (TPSA) is 69.2 Å². The molecular weight excluding hydrogens is 212 g/mol. The van der Waals surface area contributed by atoms with E-state index in [0.717, 1.165) is 17.7 Å². The van der Waals surface area contributed by atoms with Gasteiger partial charge in [-0.1, -0.05) is 24.2 Å². The van der Waals surface area contributed by atoms with Gasteiger partial charge in [-0.2, -0.15) is 0 Å². The van der Waals surface area contributed by atoms with Crippen molar-refractivity contribution in [1.29, 1.82) is 0 Å². The Morgan fingerprint density at radius 1 is 1.47 bits per heavy atom. The van der Waals surface area contributed by atoms with Gasteiger partial charge in [-0.3, -0.25) is 10.1 Å². The van der Waals surface area contributed by atoms with Crippen molar-refractivity contribution in [2.24, 2.45) is 11.7 Å². The van der Waals surface area contributed by atoms with Crippen LogP contribution in [0.3, 0.4) is 0 Å². The van der Waals surface area contributed by atoms with Crippen LogP contribution >= 0.6 is 11.3 Å². The van der Waals surface area contributed by atoms with Gasteiger partial charge >= 0.3 is 5.00 Å². The predicted octanol–water partition coefficient (Wildman–Crippen LogP) is 2.85. The van der Waals surface area contributed by atoms with Gasteiger partial charge in [-0.15, -0.1) is 0 Å². The van der Waals surface area contributed by atoms with E-state index in [1.807, 2.05) is 0 Å². The summed E-state index contributed by atoms with van der Waals surface area (Å²) in [7, 11) is 0. The summed E-state index contributed by atoms with van der Waals surface area (Å²) in [6, 6.07) is 3.34. The van der Waals surface area contributed by atoms with Gasteiger partial charge in [-0.25, -0.2) is 0 Å². The molecule has 0 aromatic carbocycles. The van der Waals surface area contributed by atoms with Gasteiger partial charge < -0.3 is 5.73 Å². The zero-order valence-corrected chi connectivity index (χ0v) is 9.20. The van der Waals surface area contributed by atoms with Crippen molar-refractivity contribution in [3.63, 3.8) is 0 Å². The average molecular weight is 226 g/mol. The number of rotatable bonds is 3. The summed E-state index contributed by atoms with van der Waals surface area (Å²) in [5.41, 5.74) is 6.10. The quantitative estimate of drug-likeness (QED) is 0.636. The summed E-state index contributed by atoms with van der Waals surface area (Å²) >= 11 is 1.21. The van der Waals surface area contributed by atoms with Crippen molar-refractivity contribution < 1.29 is 4.92 Å². The van der Waals surface area contributed by atoms with Crippen molar-refractivity contribution in [2.75, 3.05) is 0 Å². The van der Waals surface area contributed by atoms with Crippen molar-refractivity contribution in [2.45, 2.75) is 31.7 Å². The lowest BCUT2D eigenvalue weighted by molar-refractivity contribution is -0.380. The van der Waals surface area contributed by atoms with E-state index >= 15 is 0 Å². The zero-order chi connectivity index (χ0) is 10.8. The predicted molar refractivity (Wildman–Crippen MR) is 59.9 cm³/mol. The highest BCUT2D eigenvalue weighted by Crippen LogP contribution is 2.38. The van der Waals surface area contributed by atoms with Crippen LogP contribution in [0.4, 0.5) is 5.00 Å². The lowest BCUT2D eigenvalue weighted by Gasteiger charge is -2.16. The zero-order valence-electron chi connectivity index (χ0n) is 8.39. The van der Waals surface area contributed by atoms with E-state index in [4.69, 9.17) is 5.73 Å². The molecule has 0 aliphatic heterocycles. The highest BCUT2D eigenvalue weighted by molar-refractivity contribution is 7.15. The monoisotopic (exact) mass is 226 g/mol. The Kier molecular flexibility index (Phi) is 3.02. The van der Waals surface area contributed by atoms with Crippen molar-refractivity contribution in [3.8, 4) is 0 Å². The van der Waals surface area contributed by atoms with Crippen molar-refractivity contribution in [3.05, 3.63) is 27.1 Å². The summed E-state index contributed by atoms with van der Waals surface area (Å²) < 4.78 is 0. The van der Waals surface area contributed by atoms with Crippen LogP contribution in [0.2, 0.25) is 0 Å². The molecule has 1 aliphatic carbocycles. The minimum Gasteiger partial charge on any atom is -0.323 e. The molecule has 4 nitrogen and oxygen atoms in total. The molecular formula is C10H14N2O2S. The van der Waals surface area contributed by atoms with E-state index in [1.165, 1.54) is 24.2 Å². The largest absolute Gasteiger partial charge is 0.324 e. The first-order valence-corrected chi connectivity index (χ1v) is 6.00. The van der Waals surface area contributed by atoms with Crippen LogP contribution in [0.25, 0.3) is 0 Å². The second-order valence-electron chi connectivity index (χ2n) is 4.00. The smallest absolute Gasteiger partial charge is 0.323 e. The van der Waals surface area contributed by atoms with Gasteiger partial charge in [0.15, 0.2) is 0 Å². The molecule has 0 amide bonds. The summed E-state index contributed by atoms with van der Waals surface area (Å²) in [6.45, 7) is 0. The molecule has 1 saturated carbocycles. The summed E-state index contributed by atoms with van der Waals surface area (Å²) in [5, 5.41) is 10.7. The fraction of sp³-hybridized carbons (Fsp3) is 0.600. The van der Waals surface area contributed by atoms with Crippen molar-refractivity contribution in [1.82, 2.24) is 0 Å². The van der Waals surface area contributed by atoms with E-state index in [-0.39, 0.29) is 16.0 Å². The maximum absolute atomic E-state index is 10.5. The third kappa shape index (κ3) is 2.18. The van der Waals surface area contributed by atoms with Crippen LogP contribution in [0.15, 0.2) is 12.1 Å². The summed E-state index contributed by atoms with van der Waals surface area (Å²) in [6.07, 6.45) is 4.80.